The smallest absolute Gasteiger partial charge is 0.229 e. The monoisotopic (exact) mass is 367 g/mol. The molecule has 6 nitrogen and oxygen atoms in total. The second-order valence-corrected chi connectivity index (χ2v) is 6.57. The maximum absolute atomic E-state index is 5.44. The minimum Gasteiger partial charge on any atom is -0.495 e. The Morgan fingerprint density at radius 1 is 1.15 bits per heavy atom. The normalized spacial score (nSPS) is 10.3. The number of unbranched alkanes of at least 4 members (excludes halogenated alkanes) is 2. The molecule has 27 heavy (non-hydrogen) atoms. The first-order valence-electron chi connectivity index (χ1n) is 9.14. The summed E-state index contributed by atoms with van der Waals surface area (Å²) in [4.78, 5) is 11.0. The van der Waals surface area contributed by atoms with Crippen molar-refractivity contribution < 1.29 is 4.74 Å². The Hall–Kier alpha value is -2.78. The topological polar surface area (TPSA) is 62.3 Å². The number of ether oxygens (including phenoxy) is 1. The highest BCUT2D eigenvalue weighted by Gasteiger charge is 2.05. The third-order valence-corrected chi connectivity index (χ3v) is 3.95. The predicted molar refractivity (Wildman–Crippen MR) is 112 cm³/mol. The van der Waals surface area contributed by atoms with Gasteiger partial charge in [-0.05, 0) is 58.6 Å². The van der Waals surface area contributed by atoms with E-state index >= 15 is 0 Å². The van der Waals surface area contributed by atoms with Crippen molar-refractivity contribution in [2.24, 2.45) is 0 Å². The highest BCUT2D eigenvalue weighted by molar-refractivity contribution is 5.61. The number of hydrogen-bond acceptors (Lipinski definition) is 6. The molecule has 0 radical (unpaired) electrons. The largest absolute Gasteiger partial charge is 0.495 e. The minimum absolute atomic E-state index is 0.548. The van der Waals surface area contributed by atoms with E-state index in [1.54, 1.807) is 7.11 Å². The van der Waals surface area contributed by atoms with Crippen LogP contribution < -0.4 is 15.4 Å². The molecule has 0 aliphatic carbocycles. The molecular formula is C21H29N5O. The number of benzene rings is 1. The van der Waals surface area contributed by atoms with Crippen LogP contribution in [0.2, 0.25) is 0 Å². The Morgan fingerprint density at radius 3 is 2.67 bits per heavy atom. The summed E-state index contributed by atoms with van der Waals surface area (Å²) in [5.41, 5.74) is 2.63. The van der Waals surface area contributed by atoms with Crippen molar-refractivity contribution in [2.75, 3.05) is 45.4 Å². The molecule has 1 aromatic heterocycles. The summed E-state index contributed by atoms with van der Waals surface area (Å²) in [7, 11) is 7.68. The third kappa shape index (κ3) is 6.80. The molecule has 0 spiro atoms. The number of rotatable bonds is 8. The SMILES string of the molecule is CNc1cc(C)nc(Nc2ccc(OC)c(C#CCCCCN(C)C)c2)n1. The molecule has 2 aromatic rings. The van der Waals surface area contributed by atoms with Crippen molar-refractivity contribution in [2.45, 2.75) is 26.2 Å². The van der Waals surface area contributed by atoms with Crippen molar-refractivity contribution >= 4 is 17.5 Å². The molecule has 6 heteroatoms. The van der Waals surface area contributed by atoms with Gasteiger partial charge in [-0.1, -0.05) is 11.8 Å². The van der Waals surface area contributed by atoms with Crippen LogP contribution in [0.25, 0.3) is 0 Å². The van der Waals surface area contributed by atoms with Gasteiger partial charge in [-0.3, -0.25) is 0 Å². The maximum Gasteiger partial charge on any atom is 0.229 e. The zero-order valence-corrected chi connectivity index (χ0v) is 16.9. The number of nitrogens with zero attached hydrogens (tertiary/aromatic N) is 3. The van der Waals surface area contributed by atoms with E-state index in [0.717, 1.165) is 54.3 Å². The summed E-state index contributed by atoms with van der Waals surface area (Å²) in [5, 5.41) is 6.28. The van der Waals surface area contributed by atoms with Crippen LogP contribution in [0, 0.1) is 18.8 Å². The van der Waals surface area contributed by atoms with E-state index in [4.69, 9.17) is 4.74 Å². The summed E-state index contributed by atoms with van der Waals surface area (Å²) < 4.78 is 5.44. The van der Waals surface area contributed by atoms with Gasteiger partial charge in [0, 0.05) is 30.9 Å². The van der Waals surface area contributed by atoms with E-state index in [1.165, 1.54) is 0 Å². The Labute approximate surface area is 162 Å². The standard InChI is InChI=1S/C21H29N5O/c1-16-14-20(22-2)25-21(23-16)24-18-11-12-19(27-5)17(15-18)10-8-6-7-9-13-26(3)4/h11-12,14-15H,6-7,9,13H2,1-5H3,(H2,22,23,24,25). The van der Waals surface area contributed by atoms with Crippen LogP contribution in [0.4, 0.5) is 17.5 Å². The van der Waals surface area contributed by atoms with E-state index in [2.05, 4.69) is 51.4 Å². The number of aromatic nitrogens is 2. The van der Waals surface area contributed by atoms with Crippen LogP contribution in [-0.4, -0.2) is 49.7 Å². The van der Waals surface area contributed by atoms with E-state index in [9.17, 15) is 0 Å². The lowest BCUT2D eigenvalue weighted by Crippen LogP contribution is -2.12. The van der Waals surface area contributed by atoms with Gasteiger partial charge in [0.15, 0.2) is 0 Å². The first-order chi connectivity index (χ1) is 13.0. The fourth-order valence-electron chi connectivity index (χ4n) is 2.56. The first kappa shape index (κ1) is 20.5. The molecule has 0 saturated carbocycles. The Balaban J connectivity index is 2.09. The van der Waals surface area contributed by atoms with Crippen LogP contribution in [0.3, 0.4) is 0 Å². The van der Waals surface area contributed by atoms with Crippen molar-refractivity contribution in [1.29, 1.82) is 0 Å². The fourth-order valence-corrected chi connectivity index (χ4v) is 2.56. The molecule has 0 bridgehead atoms. The quantitative estimate of drug-likeness (QED) is 0.548. The number of nitrogens with one attached hydrogen (secondary N) is 2. The van der Waals surface area contributed by atoms with E-state index in [1.807, 2.05) is 38.2 Å². The molecule has 0 fully saturated rings. The Kier molecular flexibility index (Phi) is 7.90. The molecule has 0 amide bonds. The maximum atomic E-state index is 5.44. The van der Waals surface area contributed by atoms with Gasteiger partial charge < -0.3 is 20.3 Å². The predicted octanol–water partition coefficient (Wildman–Crippen LogP) is 3.66. The van der Waals surface area contributed by atoms with Crippen molar-refractivity contribution in [3.05, 3.63) is 35.5 Å². The minimum atomic E-state index is 0.548. The summed E-state index contributed by atoms with van der Waals surface area (Å²) >= 11 is 0. The summed E-state index contributed by atoms with van der Waals surface area (Å²) in [6.45, 7) is 3.03. The molecule has 0 unspecified atom stereocenters. The molecular weight excluding hydrogens is 338 g/mol. The van der Waals surface area contributed by atoms with Gasteiger partial charge in [-0.25, -0.2) is 4.98 Å². The second-order valence-electron chi connectivity index (χ2n) is 6.57. The van der Waals surface area contributed by atoms with Crippen LogP contribution in [0.15, 0.2) is 24.3 Å². The van der Waals surface area contributed by atoms with Crippen LogP contribution >= 0.6 is 0 Å². The van der Waals surface area contributed by atoms with Crippen molar-refractivity contribution in [1.82, 2.24) is 14.9 Å². The lowest BCUT2D eigenvalue weighted by molar-refractivity contribution is 0.395. The van der Waals surface area contributed by atoms with E-state index in [-0.39, 0.29) is 0 Å². The van der Waals surface area contributed by atoms with Gasteiger partial charge >= 0.3 is 0 Å². The Morgan fingerprint density at radius 2 is 1.96 bits per heavy atom. The van der Waals surface area contributed by atoms with E-state index in [0.29, 0.717) is 5.95 Å². The van der Waals surface area contributed by atoms with Crippen LogP contribution in [-0.2, 0) is 0 Å². The lowest BCUT2D eigenvalue weighted by Gasteiger charge is -2.10. The van der Waals surface area contributed by atoms with Gasteiger partial charge in [0.1, 0.15) is 11.6 Å². The number of aryl methyl sites for hydroxylation is 1. The summed E-state index contributed by atoms with van der Waals surface area (Å²) in [5.74, 6) is 8.57. The molecule has 2 rings (SSSR count). The first-order valence-corrected chi connectivity index (χ1v) is 9.14. The van der Waals surface area contributed by atoms with Crippen LogP contribution in [0.1, 0.15) is 30.5 Å². The number of methoxy groups -OCH3 is 1. The van der Waals surface area contributed by atoms with Gasteiger partial charge in [0.25, 0.3) is 0 Å². The van der Waals surface area contributed by atoms with Crippen LogP contribution in [0.5, 0.6) is 5.75 Å². The highest BCUT2D eigenvalue weighted by Crippen LogP contribution is 2.24. The molecule has 0 atom stereocenters. The molecule has 2 N–H and O–H groups in total. The zero-order chi connectivity index (χ0) is 19.6. The third-order valence-electron chi connectivity index (χ3n) is 3.95. The summed E-state index contributed by atoms with van der Waals surface area (Å²) in [6.07, 6.45) is 3.12. The second kappa shape index (κ2) is 10.4. The molecule has 1 heterocycles. The average molecular weight is 367 g/mol. The molecule has 144 valence electrons. The van der Waals surface area contributed by atoms with E-state index < -0.39 is 0 Å². The van der Waals surface area contributed by atoms with Gasteiger partial charge in [0.2, 0.25) is 5.95 Å². The number of hydrogen-bond donors (Lipinski definition) is 2. The zero-order valence-electron chi connectivity index (χ0n) is 16.9. The molecule has 0 aliphatic rings. The van der Waals surface area contributed by atoms with Crippen molar-refractivity contribution in [3.8, 4) is 17.6 Å². The average Bonchev–Trinajstić information content (AvgIpc) is 2.64. The van der Waals surface area contributed by atoms with Gasteiger partial charge in [0.05, 0.1) is 12.7 Å². The van der Waals surface area contributed by atoms with Gasteiger partial charge in [-0.15, -0.1) is 0 Å². The molecule has 0 aliphatic heterocycles. The molecule has 0 saturated heterocycles. The number of anilines is 3. The highest BCUT2D eigenvalue weighted by atomic mass is 16.5. The Bertz CT molecular complexity index is 808. The van der Waals surface area contributed by atoms with Gasteiger partial charge in [-0.2, -0.15) is 4.98 Å². The van der Waals surface area contributed by atoms with Crippen molar-refractivity contribution in [3.63, 3.8) is 0 Å². The fraction of sp³-hybridized carbons (Fsp3) is 0.429. The summed E-state index contributed by atoms with van der Waals surface area (Å²) in [6, 6.07) is 7.71. The molecule has 1 aromatic carbocycles. The lowest BCUT2D eigenvalue weighted by atomic mass is 10.1.